The third kappa shape index (κ3) is 5.72. The number of benzene rings is 2. The van der Waals surface area contributed by atoms with Crippen molar-refractivity contribution in [1.82, 2.24) is 10.6 Å². The van der Waals surface area contributed by atoms with E-state index in [1.165, 1.54) is 13.8 Å². The molecule has 176 valence electrons. The molecular formula is C26H32N2O5. The van der Waals surface area contributed by atoms with Crippen LogP contribution in [0, 0.1) is 5.92 Å². The SMILES string of the molecule is CC(C)CCC(NC(=O)C(C)(C)NC(=O)OCC1c2ccccc2-c2ccccc21)C(=O)O. The van der Waals surface area contributed by atoms with Crippen molar-refractivity contribution in [2.75, 3.05) is 6.61 Å². The Morgan fingerprint density at radius 3 is 2.03 bits per heavy atom. The van der Waals surface area contributed by atoms with Crippen molar-refractivity contribution in [3.8, 4) is 11.1 Å². The van der Waals surface area contributed by atoms with Crippen molar-refractivity contribution >= 4 is 18.0 Å². The highest BCUT2D eigenvalue weighted by Crippen LogP contribution is 2.44. The molecule has 1 aliphatic carbocycles. The molecule has 0 heterocycles. The van der Waals surface area contributed by atoms with Crippen molar-refractivity contribution in [3.63, 3.8) is 0 Å². The number of carboxylic acid groups (broad SMARTS) is 1. The van der Waals surface area contributed by atoms with Crippen LogP contribution in [0.3, 0.4) is 0 Å². The fraction of sp³-hybridized carbons (Fsp3) is 0.423. The lowest BCUT2D eigenvalue weighted by molar-refractivity contribution is -0.143. The summed E-state index contributed by atoms with van der Waals surface area (Å²) in [6.45, 7) is 7.15. The molecule has 0 saturated heterocycles. The first-order chi connectivity index (χ1) is 15.6. The zero-order chi connectivity index (χ0) is 24.2. The van der Waals surface area contributed by atoms with Gasteiger partial charge in [0.1, 0.15) is 18.2 Å². The molecule has 1 atom stereocenters. The van der Waals surface area contributed by atoms with E-state index in [1.807, 2.05) is 50.2 Å². The fourth-order valence-electron chi connectivity index (χ4n) is 4.04. The van der Waals surface area contributed by atoms with Gasteiger partial charge in [-0.3, -0.25) is 4.79 Å². The number of alkyl carbamates (subject to hydrolysis) is 1. The van der Waals surface area contributed by atoms with Gasteiger partial charge in [0.15, 0.2) is 0 Å². The summed E-state index contributed by atoms with van der Waals surface area (Å²) in [5.41, 5.74) is 3.11. The van der Waals surface area contributed by atoms with E-state index in [9.17, 15) is 19.5 Å². The highest BCUT2D eigenvalue weighted by atomic mass is 16.5. The summed E-state index contributed by atoms with van der Waals surface area (Å²) in [6, 6.07) is 15.1. The summed E-state index contributed by atoms with van der Waals surface area (Å²) < 4.78 is 5.51. The Morgan fingerprint density at radius 2 is 1.52 bits per heavy atom. The Hall–Kier alpha value is -3.35. The van der Waals surface area contributed by atoms with Crippen LogP contribution in [-0.4, -0.2) is 41.3 Å². The van der Waals surface area contributed by atoms with Crippen LogP contribution in [0.2, 0.25) is 0 Å². The molecular weight excluding hydrogens is 420 g/mol. The highest BCUT2D eigenvalue weighted by molar-refractivity contribution is 5.92. The fourth-order valence-corrected chi connectivity index (χ4v) is 4.04. The van der Waals surface area contributed by atoms with Gasteiger partial charge in [0.2, 0.25) is 5.91 Å². The van der Waals surface area contributed by atoms with Crippen LogP contribution >= 0.6 is 0 Å². The maximum absolute atomic E-state index is 12.7. The minimum absolute atomic E-state index is 0.0903. The van der Waals surface area contributed by atoms with E-state index in [-0.39, 0.29) is 12.5 Å². The van der Waals surface area contributed by atoms with Crippen LogP contribution in [0.5, 0.6) is 0 Å². The lowest BCUT2D eigenvalue weighted by Crippen LogP contribution is -2.58. The number of rotatable bonds is 9. The number of hydrogen-bond acceptors (Lipinski definition) is 4. The standard InChI is InChI=1S/C26H32N2O5/c1-16(2)13-14-22(23(29)30)27-24(31)26(3,4)28-25(32)33-15-21-19-11-7-5-9-17(19)18-10-6-8-12-20(18)21/h5-12,16,21-22H,13-15H2,1-4H3,(H,27,31)(H,28,32)(H,29,30). The number of carboxylic acids is 1. The first kappa shape index (κ1) is 24.3. The Morgan fingerprint density at radius 1 is 0.970 bits per heavy atom. The molecule has 0 aliphatic heterocycles. The summed E-state index contributed by atoms with van der Waals surface area (Å²) >= 11 is 0. The molecule has 33 heavy (non-hydrogen) atoms. The van der Waals surface area contributed by atoms with Crippen molar-refractivity contribution in [2.24, 2.45) is 5.92 Å². The van der Waals surface area contributed by atoms with Gasteiger partial charge in [0.25, 0.3) is 0 Å². The highest BCUT2D eigenvalue weighted by Gasteiger charge is 2.34. The third-order valence-electron chi connectivity index (χ3n) is 5.96. The molecule has 0 saturated carbocycles. The average Bonchev–Trinajstić information content (AvgIpc) is 3.08. The number of nitrogens with one attached hydrogen (secondary N) is 2. The Bertz CT molecular complexity index is 985. The van der Waals surface area contributed by atoms with Gasteiger partial charge in [-0.15, -0.1) is 0 Å². The summed E-state index contributed by atoms with van der Waals surface area (Å²) in [6.07, 6.45) is 0.253. The molecule has 2 aromatic carbocycles. The predicted molar refractivity (Wildman–Crippen MR) is 126 cm³/mol. The smallest absolute Gasteiger partial charge is 0.408 e. The van der Waals surface area contributed by atoms with Gasteiger partial charge in [-0.25, -0.2) is 9.59 Å². The molecule has 2 aromatic rings. The van der Waals surface area contributed by atoms with E-state index < -0.39 is 29.6 Å². The zero-order valence-corrected chi connectivity index (χ0v) is 19.6. The van der Waals surface area contributed by atoms with Crippen molar-refractivity contribution in [3.05, 3.63) is 59.7 Å². The predicted octanol–water partition coefficient (Wildman–Crippen LogP) is 4.31. The molecule has 7 nitrogen and oxygen atoms in total. The summed E-state index contributed by atoms with van der Waals surface area (Å²) in [4.78, 5) is 36.8. The molecule has 3 rings (SSSR count). The van der Waals surface area contributed by atoms with E-state index in [0.29, 0.717) is 18.8 Å². The monoisotopic (exact) mass is 452 g/mol. The lowest BCUT2D eigenvalue weighted by atomic mass is 9.98. The van der Waals surface area contributed by atoms with Gasteiger partial charge in [-0.2, -0.15) is 0 Å². The Kier molecular flexibility index (Phi) is 7.41. The summed E-state index contributed by atoms with van der Waals surface area (Å²) in [5, 5.41) is 14.5. The summed E-state index contributed by atoms with van der Waals surface area (Å²) in [5.74, 6) is -1.45. The lowest BCUT2D eigenvalue weighted by Gasteiger charge is -2.27. The first-order valence-corrected chi connectivity index (χ1v) is 11.3. The van der Waals surface area contributed by atoms with Gasteiger partial charge in [-0.05, 0) is 54.9 Å². The van der Waals surface area contributed by atoms with Gasteiger partial charge in [0, 0.05) is 5.92 Å². The van der Waals surface area contributed by atoms with Crippen LogP contribution in [0.1, 0.15) is 57.6 Å². The largest absolute Gasteiger partial charge is 0.480 e. The van der Waals surface area contributed by atoms with Crippen LogP contribution in [-0.2, 0) is 14.3 Å². The second-order valence-electron chi connectivity index (χ2n) is 9.41. The van der Waals surface area contributed by atoms with Crippen molar-refractivity contribution in [2.45, 2.75) is 58.0 Å². The zero-order valence-electron chi connectivity index (χ0n) is 19.6. The number of hydrogen-bond donors (Lipinski definition) is 3. The molecule has 2 amide bonds. The molecule has 1 unspecified atom stereocenters. The van der Waals surface area contributed by atoms with E-state index in [0.717, 1.165) is 22.3 Å². The molecule has 7 heteroatoms. The number of fused-ring (bicyclic) bond motifs is 3. The van der Waals surface area contributed by atoms with E-state index in [2.05, 4.69) is 22.8 Å². The number of ether oxygens (including phenoxy) is 1. The van der Waals surface area contributed by atoms with Gasteiger partial charge < -0.3 is 20.5 Å². The minimum Gasteiger partial charge on any atom is -0.480 e. The Labute approximate surface area is 194 Å². The third-order valence-corrected chi connectivity index (χ3v) is 5.96. The van der Waals surface area contributed by atoms with E-state index in [4.69, 9.17) is 4.74 Å². The minimum atomic E-state index is -1.34. The molecule has 0 fully saturated rings. The number of amides is 2. The second-order valence-corrected chi connectivity index (χ2v) is 9.41. The summed E-state index contributed by atoms with van der Waals surface area (Å²) in [7, 11) is 0. The van der Waals surface area contributed by atoms with Gasteiger partial charge in [-0.1, -0.05) is 62.4 Å². The second kappa shape index (κ2) is 10.1. The van der Waals surface area contributed by atoms with Gasteiger partial charge in [0.05, 0.1) is 0 Å². The topological polar surface area (TPSA) is 105 Å². The quantitative estimate of drug-likeness (QED) is 0.526. The number of aliphatic carboxylic acids is 1. The van der Waals surface area contributed by atoms with Crippen LogP contribution in [0.15, 0.2) is 48.5 Å². The van der Waals surface area contributed by atoms with E-state index >= 15 is 0 Å². The molecule has 1 aliphatic rings. The van der Waals surface area contributed by atoms with Crippen molar-refractivity contribution in [1.29, 1.82) is 0 Å². The Balaban J connectivity index is 1.61. The normalized spacial score (nSPS) is 13.7. The first-order valence-electron chi connectivity index (χ1n) is 11.3. The molecule has 0 spiro atoms. The van der Waals surface area contributed by atoms with Crippen molar-refractivity contribution < 1.29 is 24.2 Å². The van der Waals surface area contributed by atoms with Crippen LogP contribution in [0.25, 0.3) is 11.1 Å². The molecule has 0 radical (unpaired) electrons. The maximum atomic E-state index is 12.7. The molecule has 0 bridgehead atoms. The number of carbonyl (C=O) groups is 3. The number of carbonyl (C=O) groups excluding carboxylic acids is 2. The van der Waals surface area contributed by atoms with Crippen LogP contribution < -0.4 is 10.6 Å². The average molecular weight is 453 g/mol. The maximum Gasteiger partial charge on any atom is 0.408 e. The van der Waals surface area contributed by atoms with Gasteiger partial charge >= 0.3 is 12.1 Å². The molecule has 0 aromatic heterocycles. The van der Waals surface area contributed by atoms with E-state index in [1.54, 1.807) is 0 Å². The molecule has 3 N–H and O–H groups in total. The van der Waals surface area contributed by atoms with Crippen LogP contribution in [0.4, 0.5) is 4.79 Å².